The summed E-state index contributed by atoms with van der Waals surface area (Å²) < 4.78 is 28.9. The number of hydrogen-bond donors (Lipinski definition) is 1. The van der Waals surface area contributed by atoms with Crippen LogP contribution in [-0.4, -0.2) is 31.6 Å². The topological polar surface area (TPSA) is 76.3 Å². The summed E-state index contributed by atoms with van der Waals surface area (Å²) in [6, 6.07) is 0. The number of anilines is 2. The van der Waals surface area contributed by atoms with Crippen molar-refractivity contribution >= 4 is 32.2 Å². The fourth-order valence-corrected chi connectivity index (χ4v) is 5.53. The lowest BCUT2D eigenvalue weighted by Gasteiger charge is -2.33. The molecule has 1 atom stereocenters. The summed E-state index contributed by atoms with van der Waals surface area (Å²) in [6.45, 7) is 5.85. The molecule has 1 aliphatic heterocycles. The molecule has 1 aliphatic rings. The highest BCUT2D eigenvalue weighted by molar-refractivity contribution is 7.91. The summed E-state index contributed by atoms with van der Waals surface area (Å²) in [7, 11) is -3.32. The van der Waals surface area contributed by atoms with Crippen molar-refractivity contribution in [2.24, 2.45) is 5.92 Å². The van der Waals surface area contributed by atoms with Gasteiger partial charge >= 0.3 is 0 Å². The third-order valence-electron chi connectivity index (χ3n) is 3.82. The van der Waals surface area contributed by atoms with E-state index in [0.717, 1.165) is 30.9 Å². The summed E-state index contributed by atoms with van der Waals surface area (Å²) in [5, 5.41) is 0.745. The van der Waals surface area contributed by atoms with Gasteiger partial charge < -0.3 is 10.6 Å². The highest BCUT2D eigenvalue weighted by Gasteiger charge is 2.30. The maximum atomic E-state index is 12.4. The molecule has 0 aliphatic carbocycles. The molecule has 2 rings (SSSR count). The Morgan fingerprint density at radius 3 is 2.85 bits per heavy atom. The molecule has 7 heteroatoms. The minimum atomic E-state index is -3.32. The second kappa shape index (κ2) is 6.30. The van der Waals surface area contributed by atoms with Crippen molar-refractivity contribution in [3.63, 3.8) is 0 Å². The van der Waals surface area contributed by atoms with Crippen LogP contribution >= 0.6 is 11.5 Å². The molecule has 2 heterocycles. The molecule has 1 saturated heterocycles. The maximum absolute atomic E-state index is 12.4. The summed E-state index contributed by atoms with van der Waals surface area (Å²) in [5.74, 6) is 0.930. The SMILES string of the molecule is CCCS(=O)(=O)c1c(N)nsc1N1CCCC(CC)C1. The quantitative estimate of drug-likeness (QED) is 0.903. The third kappa shape index (κ3) is 3.09. The molecule has 0 aromatic carbocycles. The van der Waals surface area contributed by atoms with Crippen LogP contribution in [-0.2, 0) is 9.84 Å². The highest BCUT2D eigenvalue weighted by atomic mass is 32.2. The minimum Gasteiger partial charge on any atom is -0.382 e. The van der Waals surface area contributed by atoms with Gasteiger partial charge in [-0.25, -0.2) is 8.42 Å². The van der Waals surface area contributed by atoms with Crippen molar-refractivity contribution in [2.75, 3.05) is 29.5 Å². The van der Waals surface area contributed by atoms with E-state index in [-0.39, 0.29) is 16.5 Å². The number of sulfone groups is 1. The average molecular weight is 317 g/mol. The van der Waals surface area contributed by atoms with E-state index in [9.17, 15) is 8.42 Å². The van der Waals surface area contributed by atoms with Gasteiger partial charge in [-0.05, 0) is 36.7 Å². The lowest BCUT2D eigenvalue weighted by molar-refractivity contribution is 0.405. The van der Waals surface area contributed by atoms with Gasteiger partial charge in [0.05, 0.1) is 5.75 Å². The van der Waals surface area contributed by atoms with Crippen molar-refractivity contribution in [1.82, 2.24) is 4.37 Å². The number of piperidine rings is 1. The highest BCUT2D eigenvalue weighted by Crippen LogP contribution is 2.37. The molecule has 2 N–H and O–H groups in total. The van der Waals surface area contributed by atoms with Crippen LogP contribution in [0.4, 0.5) is 10.8 Å². The monoisotopic (exact) mass is 317 g/mol. The molecule has 1 aromatic heterocycles. The van der Waals surface area contributed by atoms with Gasteiger partial charge in [-0.1, -0.05) is 20.3 Å². The molecule has 5 nitrogen and oxygen atoms in total. The molecule has 20 heavy (non-hydrogen) atoms. The maximum Gasteiger partial charge on any atom is 0.185 e. The van der Waals surface area contributed by atoms with E-state index in [2.05, 4.69) is 16.2 Å². The van der Waals surface area contributed by atoms with Gasteiger partial charge in [0, 0.05) is 13.1 Å². The van der Waals surface area contributed by atoms with E-state index in [1.54, 1.807) is 0 Å². The van der Waals surface area contributed by atoms with E-state index in [0.29, 0.717) is 12.3 Å². The number of nitrogens with two attached hydrogens (primary N) is 1. The van der Waals surface area contributed by atoms with Gasteiger partial charge in [0.1, 0.15) is 9.90 Å². The van der Waals surface area contributed by atoms with Gasteiger partial charge in [0.25, 0.3) is 0 Å². The first-order chi connectivity index (χ1) is 9.49. The standard InChI is InChI=1S/C13H23N3O2S2/c1-3-8-20(17,18)11-12(14)15-19-13(11)16-7-5-6-10(4-2)9-16/h10H,3-9H2,1-2H3,(H2,14,15). The normalized spacial score (nSPS) is 20.3. The second-order valence-electron chi connectivity index (χ2n) is 5.38. The van der Waals surface area contributed by atoms with Crippen LogP contribution in [0.5, 0.6) is 0 Å². The molecule has 1 fully saturated rings. The smallest absolute Gasteiger partial charge is 0.185 e. The Balaban J connectivity index is 2.34. The van der Waals surface area contributed by atoms with Gasteiger partial charge in [0.15, 0.2) is 15.7 Å². The Hall–Kier alpha value is -0.820. The van der Waals surface area contributed by atoms with Crippen LogP contribution in [0.15, 0.2) is 4.90 Å². The zero-order valence-electron chi connectivity index (χ0n) is 12.1. The zero-order chi connectivity index (χ0) is 14.8. The Bertz CT molecular complexity index is 554. The molecule has 1 aromatic rings. The van der Waals surface area contributed by atoms with Crippen LogP contribution in [0.2, 0.25) is 0 Å². The lowest BCUT2D eigenvalue weighted by atomic mass is 9.96. The van der Waals surface area contributed by atoms with Crippen LogP contribution in [0.3, 0.4) is 0 Å². The van der Waals surface area contributed by atoms with Crippen molar-refractivity contribution in [3.05, 3.63) is 0 Å². The number of nitrogens with zero attached hydrogens (tertiary/aromatic N) is 2. The Morgan fingerprint density at radius 2 is 2.20 bits per heavy atom. The number of aromatic nitrogens is 1. The molecule has 0 saturated carbocycles. The molecule has 0 bridgehead atoms. The number of nitrogen functional groups attached to an aromatic ring is 1. The van der Waals surface area contributed by atoms with E-state index < -0.39 is 9.84 Å². The molecular formula is C13H23N3O2S2. The molecule has 0 amide bonds. The van der Waals surface area contributed by atoms with Crippen molar-refractivity contribution < 1.29 is 8.42 Å². The Kier molecular flexibility index (Phi) is 4.90. The van der Waals surface area contributed by atoms with Crippen LogP contribution in [0.1, 0.15) is 39.5 Å². The van der Waals surface area contributed by atoms with E-state index in [4.69, 9.17) is 5.73 Å². The van der Waals surface area contributed by atoms with Crippen molar-refractivity contribution in [2.45, 2.75) is 44.4 Å². The van der Waals surface area contributed by atoms with Gasteiger partial charge in [-0.2, -0.15) is 4.37 Å². The molecule has 0 radical (unpaired) electrons. The summed E-state index contributed by atoms with van der Waals surface area (Å²) in [4.78, 5) is 2.43. The molecule has 1 unspecified atom stereocenters. The molecular weight excluding hydrogens is 294 g/mol. The van der Waals surface area contributed by atoms with E-state index >= 15 is 0 Å². The molecule has 114 valence electrons. The Morgan fingerprint density at radius 1 is 1.45 bits per heavy atom. The first-order valence-corrected chi connectivity index (χ1v) is 9.65. The average Bonchev–Trinajstić information content (AvgIpc) is 2.81. The predicted octanol–water partition coefficient (Wildman–Crippen LogP) is 2.54. The van der Waals surface area contributed by atoms with Crippen molar-refractivity contribution in [3.8, 4) is 0 Å². The molecule has 0 spiro atoms. The van der Waals surface area contributed by atoms with Gasteiger partial charge in [-0.3, -0.25) is 0 Å². The van der Waals surface area contributed by atoms with E-state index in [1.165, 1.54) is 18.0 Å². The lowest BCUT2D eigenvalue weighted by Crippen LogP contribution is -2.35. The fourth-order valence-electron chi connectivity index (χ4n) is 2.73. The van der Waals surface area contributed by atoms with Gasteiger partial charge in [-0.15, -0.1) is 0 Å². The van der Waals surface area contributed by atoms with Crippen LogP contribution in [0, 0.1) is 5.92 Å². The van der Waals surface area contributed by atoms with E-state index in [1.807, 2.05) is 6.92 Å². The largest absolute Gasteiger partial charge is 0.382 e. The predicted molar refractivity (Wildman–Crippen MR) is 84.1 cm³/mol. The Labute approximate surface area is 125 Å². The van der Waals surface area contributed by atoms with Gasteiger partial charge in [0.2, 0.25) is 0 Å². The summed E-state index contributed by atoms with van der Waals surface area (Å²) in [5.41, 5.74) is 5.83. The number of rotatable bonds is 5. The minimum absolute atomic E-state index is 0.133. The summed E-state index contributed by atoms with van der Waals surface area (Å²) in [6.07, 6.45) is 4.04. The fraction of sp³-hybridized carbons (Fsp3) is 0.769. The first-order valence-electron chi connectivity index (χ1n) is 7.22. The second-order valence-corrected chi connectivity index (χ2v) is 8.18. The summed E-state index contributed by atoms with van der Waals surface area (Å²) >= 11 is 1.22. The number of hydrogen-bond acceptors (Lipinski definition) is 6. The first kappa shape index (κ1) is 15.6. The third-order valence-corrected chi connectivity index (χ3v) is 6.85. The van der Waals surface area contributed by atoms with Crippen LogP contribution < -0.4 is 10.6 Å². The van der Waals surface area contributed by atoms with Crippen LogP contribution in [0.25, 0.3) is 0 Å². The zero-order valence-corrected chi connectivity index (χ0v) is 13.8. The van der Waals surface area contributed by atoms with Crippen molar-refractivity contribution in [1.29, 1.82) is 0 Å².